The summed E-state index contributed by atoms with van der Waals surface area (Å²) in [4.78, 5) is 4.52. The fraction of sp³-hybridized carbons (Fsp3) is 0.0714. The summed E-state index contributed by atoms with van der Waals surface area (Å²) < 4.78 is 12.4. The Hall–Kier alpha value is -2.11. The zero-order valence-corrected chi connectivity index (χ0v) is 12.3. The van der Waals surface area contributed by atoms with Crippen molar-refractivity contribution in [2.75, 3.05) is 12.5 Å². The molecule has 0 unspecified atom stereocenters. The third kappa shape index (κ3) is 2.05. The standard InChI is InChI=1S/C14H10ClN3O2.ClH/c15-9-2-1-5-18-13(16)12(17-14(9)18)8-3-4-10-11(6-8)20-7-19-10;/h1-6H,7,16H2;1H. The number of benzene rings is 1. The second kappa shape index (κ2) is 5.02. The van der Waals surface area contributed by atoms with Gasteiger partial charge in [0.25, 0.3) is 0 Å². The van der Waals surface area contributed by atoms with Gasteiger partial charge in [-0.3, -0.25) is 4.40 Å². The van der Waals surface area contributed by atoms with Crippen LogP contribution in [0.15, 0.2) is 36.5 Å². The van der Waals surface area contributed by atoms with Gasteiger partial charge in [0, 0.05) is 11.8 Å². The number of nitrogen functional groups attached to an aromatic ring is 1. The highest BCUT2D eigenvalue weighted by molar-refractivity contribution is 6.33. The summed E-state index contributed by atoms with van der Waals surface area (Å²) in [6.45, 7) is 0.241. The number of rotatable bonds is 1. The van der Waals surface area contributed by atoms with Crippen molar-refractivity contribution in [2.24, 2.45) is 0 Å². The van der Waals surface area contributed by atoms with Gasteiger partial charge in [-0.2, -0.15) is 0 Å². The molecule has 1 aromatic carbocycles. The van der Waals surface area contributed by atoms with E-state index in [4.69, 9.17) is 26.8 Å². The third-order valence-corrected chi connectivity index (χ3v) is 3.58. The summed E-state index contributed by atoms with van der Waals surface area (Å²) in [7, 11) is 0. The number of pyridine rings is 1. The van der Waals surface area contributed by atoms with Crippen LogP contribution in [-0.2, 0) is 0 Å². The predicted molar refractivity (Wildman–Crippen MR) is 83.4 cm³/mol. The van der Waals surface area contributed by atoms with Crippen LogP contribution in [0.2, 0.25) is 5.02 Å². The van der Waals surface area contributed by atoms with E-state index in [-0.39, 0.29) is 19.2 Å². The Kier molecular flexibility index (Phi) is 3.31. The van der Waals surface area contributed by atoms with Crippen LogP contribution in [0, 0.1) is 0 Å². The van der Waals surface area contributed by atoms with Crippen LogP contribution in [-0.4, -0.2) is 16.2 Å². The van der Waals surface area contributed by atoms with Crippen molar-refractivity contribution in [1.82, 2.24) is 9.38 Å². The highest BCUT2D eigenvalue weighted by Gasteiger charge is 2.18. The van der Waals surface area contributed by atoms with Gasteiger partial charge in [0.2, 0.25) is 6.79 Å². The van der Waals surface area contributed by atoms with Crippen LogP contribution in [0.5, 0.6) is 11.5 Å². The van der Waals surface area contributed by atoms with Crippen LogP contribution in [0.1, 0.15) is 0 Å². The number of halogens is 2. The number of hydrogen-bond acceptors (Lipinski definition) is 4. The number of anilines is 1. The molecule has 0 saturated heterocycles. The molecular weight excluding hydrogens is 313 g/mol. The molecule has 108 valence electrons. The fourth-order valence-electron chi connectivity index (χ4n) is 2.31. The monoisotopic (exact) mass is 323 g/mol. The summed E-state index contributed by atoms with van der Waals surface area (Å²) in [6, 6.07) is 9.24. The van der Waals surface area contributed by atoms with E-state index in [1.165, 1.54) is 0 Å². The van der Waals surface area contributed by atoms with Crippen LogP contribution in [0.25, 0.3) is 16.9 Å². The molecule has 0 atom stereocenters. The molecule has 0 radical (unpaired) electrons. The highest BCUT2D eigenvalue weighted by Crippen LogP contribution is 2.37. The molecule has 0 bridgehead atoms. The minimum absolute atomic E-state index is 0. The van der Waals surface area contributed by atoms with Crippen LogP contribution >= 0.6 is 24.0 Å². The molecule has 4 rings (SSSR count). The van der Waals surface area contributed by atoms with Gasteiger partial charge in [-0.25, -0.2) is 4.98 Å². The average Bonchev–Trinajstić information content (AvgIpc) is 3.04. The zero-order valence-electron chi connectivity index (χ0n) is 10.7. The maximum absolute atomic E-state index is 6.15. The van der Waals surface area contributed by atoms with E-state index in [9.17, 15) is 0 Å². The number of hydrogen-bond donors (Lipinski definition) is 1. The molecule has 3 aromatic rings. The molecule has 0 fully saturated rings. The molecule has 0 spiro atoms. The van der Waals surface area contributed by atoms with Crippen molar-refractivity contribution in [1.29, 1.82) is 0 Å². The first-order valence-electron chi connectivity index (χ1n) is 6.06. The Morgan fingerprint density at radius 2 is 2.00 bits per heavy atom. The summed E-state index contributed by atoms with van der Waals surface area (Å²) >= 11 is 6.14. The minimum atomic E-state index is 0. The first-order chi connectivity index (χ1) is 9.74. The maximum atomic E-state index is 6.15. The molecule has 0 amide bonds. The second-order valence-electron chi connectivity index (χ2n) is 4.46. The number of nitrogens with two attached hydrogens (primary N) is 1. The van der Waals surface area contributed by atoms with Gasteiger partial charge < -0.3 is 15.2 Å². The van der Waals surface area contributed by atoms with Gasteiger partial charge in [0.15, 0.2) is 17.1 Å². The molecule has 21 heavy (non-hydrogen) atoms. The smallest absolute Gasteiger partial charge is 0.231 e. The van der Waals surface area contributed by atoms with Crippen LogP contribution < -0.4 is 15.2 Å². The third-order valence-electron chi connectivity index (χ3n) is 3.29. The SMILES string of the molecule is Cl.Nc1c(-c2ccc3c(c2)OCO3)nc2c(Cl)cccn12. The average molecular weight is 324 g/mol. The van der Waals surface area contributed by atoms with E-state index in [1.807, 2.05) is 30.5 Å². The number of aromatic nitrogens is 2. The highest BCUT2D eigenvalue weighted by atomic mass is 35.5. The van der Waals surface area contributed by atoms with Crippen molar-refractivity contribution in [3.05, 3.63) is 41.6 Å². The van der Waals surface area contributed by atoms with E-state index >= 15 is 0 Å². The number of nitrogens with zero attached hydrogens (tertiary/aromatic N) is 2. The van der Waals surface area contributed by atoms with Crippen molar-refractivity contribution < 1.29 is 9.47 Å². The topological polar surface area (TPSA) is 61.8 Å². The second-order valence-corrected chi connectivity index (χ2v) is 4.87. The van der Waals surface area contributed by atoms with Crippen molar-refractivity contribution in [2.45, 2.75) is 0 Å². The lowest BCUT2D eigenvalue weighted by Crippen LogP contribution is -1.94. The first kappa shape index (κ1) is 13.9. The van der Waals surface area contributed by atoms with Gasteiger partial charge in [0.05, 0.1) is 5.02 Å². The Bertz CT molecular complexity index is 832. The largest absolute Gasteiger partial charge is 0.454 e. The van der Waals surface area contributed by atoms with E-state index in [0.29, 0.717) is 27.9 Å². The van der Waals surface area contributed by atoms with Gasteiger partial charge in [-0.15, -0.1) is 12.4 Å². The molecular formula is C14H11Cl2N3O2. The van der Waals surface area contributed by atoms with Crippen molar-refractivity contribution in [3.8, 4) is 22.8 Å². The molecule has 0 saturated carbocycles. The number of imidazole rings is 1. The molecule has 1 aliphatic rings. The lowest BCUT2D eigenvalue weighted by Gasteiger charge is -2.01. The van der Waals surface area contributed by atoms with Crippen LogP contribution in [0.3, 0.4) is 0 Å². The maximum Gasteiger partial charge on any atom is 0.231 e. The normalized spacial score (nSPS) is 12.4. The lowest BCUT2D eigenvalue weighted by molar-refractivity contribution is 0.174. The molecule has 3 heterocycles. The Balaban J connectivity index is 0.00000132. The Morgan fingerprint density at radius 3 is 2.81 bits per heavy atom. The molecule has 7 heteroatoms. The fourth-order valence-corrected chi connectivity index (χ4v) is 2.52. The first-order valence-corrected chi connectivity index (χ1v) is 6.44. The lowest BCUT2D eigenvalue weighted by atomic mass is 10.1. The summed E-state index contributed by atoms with van der Waals surface area (Å²) in [5.74, 6) is 1.97. The van der Waals surface area contributed by atoms with E-state index in [1.54, 1.807) is 10.5 Å². The summed E-state index contributed by atoms with van der Waals surface area (Å²) in [5, 5.41) is 0.561. The van der Waals surface area contributed by atoms with Gasteiger partial charge in [-0.05, 0) is 30.3 Å². The van der Waals surface area contributed by atoms with Gasteiger partial charge >= 0.3 is 0 Å². The van der Waals surface area contributed by atoms with Gasteiger partial charge in [0.1, 0.15) is 11.5 Å². The Morgan fingerprint density at radius 1 is 1.19 bits per heavy atom. The van der Waals surface area contributed by atoms with Gasteiger partial charge in [-0.1, -0.05) is 11.6 Å². The number of fused-ring (bicyclic) bond motifs is 2. The van der Waals surface area contributed by atoms with Crippen molar-refractivity contribution in [3.63, 3.8) is 0 Å². The number of ether oxygens (including phenoxy) is 2. The molecule has 2 aromatic heterocycles. The minimum Gasteiger partial charge on any atom is -0.454 e. The molecule has 5 nitrogen and oxygen atoms in total. The predicted octanol–water partition coefficient (Wildman–Crippen LogP) is 3.39. The van der Waals surface area contributed by atoms with Crippen molar-refractivity contribution >= 4 is 35.5 Å². The molecule has 0 aliphatic carbocycles. The molecule has 2 N–H and O–H groups in total. The van der Waals surface area contributed by atoms with E-state index < -0.39 is 0 Å². The zero-order chi connectivity index (χ0) is 13.7. The molecule has 1 aliphatic heterocycles. The van der Waals surface area contributed by atoms with Crippen LogP contribution in [0.4, 0.5) is 5.82 Å². The summed E-state index contributed by atoms with van der Waals surface area (Å²) in [5.41, 5.74) is 8.34. The van der Waals surface area contributed by atoms with E-state index in [2.05, 4.69) is 4.98 Å². The summed E-state index contributed by atoms with van der Waals surface area (Å²) in [6.07, 6.45) is 1.83. The van der Waals surface area contributed by atoms with E-state index in [0.717, 1.165) is 11.3 Å². The Labute approximate surface area is 131 Å². The quantitative estimate of drug-likeness (QED) is 0.745.